The molecule has 1 aromatic carbocycles. The molecule has 0 aromatic heterocycles. The van der Waals surface area contributed by atoms with E-state index in [0.717, 1.165) is 4.47 Å². The minimum absolute atomic E-state index is 0.0360. The summed E-state index contributed by atoms with van der Waals surface area (Å²) in [4.78, 5) is 36.8. The van der Waals surface area contributed by atoms with Gasteiger partial charge in [-0.05, 0) is 38.1 Å². The predicted octanol–water partition coefficient (Wildman–Crippen LogP) is 1.95. The zero-order valence-corrected chi connectivity index (χ0v) is 15.5. The Morgan fingerprint density at radius 3 is 2.33 bits per heavy atom. The van der Waals surface area contributed by atoms with Gasteiger partial charge in [0.25, 0.3) is 0 Å². The summed E-state index contributed by atoms with van der Waals surface area (Å²) in [6.07, 6.45) is 0.140. The molecule has 24 heavy (non-hydrogen) atoms. The van der Waals surface area contributed by atoms with E-state index in [1.165, 1.54) is 4.90 Å². The molecule has 132 valence electrons. The fourth-order valence-electron chi connectivity index (χ4n) is 1.95. The van der Waals surface area contributed by atoms with Crippen molar-refractivity contribution in [2.24, 2.45) is 0 Å². The predicted molar refractivity (Wildman–Crippen MR) is 96.7 cm³/mol. The van der Waals surface area contributed by atoms with Crippen LogP contribution in [-0.2, 0) is 9.59 Å². The maximum Gasteiger partial charge on any atom is 0.319 e. The molecule has 0 fully saturated rings. The van der Waals surface area contributed by atoms with Gasteiger partial charge in [0.05, 0.1) is 6.54 Å². The monoisotopic (exact) mass is 398 g/mol. The number of carbonyl (C=O) groups excluding carboxylic acids is 3. The van der Waals surface area contributed by atoms with Gasteiger partial charge in [0.15, 0.2) is 0 Å². The standard InChI is InChI=1S/C16H23BrN4O3/c1-3-18-14(22)11-21(4-2)15(23)9-10-19-16(24)20-13-7-5-12(17)6-8-13/h5-8H,3-4,9-11H2,1-2H3,(H,18,22)(H2,19,20,24). The summed E-state index contributed by atoms with van der Waals surface area (Å²) in [6.45, 7) is 4.85. The fourth-order valence-corrected chi connectivity index (χ4v) is 2.22. The maximum atomic E-state index is 12.1. The number of likely N-dealkylation sites (N-methyl/N-ethyl adjacent to an activating group) is 2. The highest BCUT2D eigenvalue weighted by atomic mass is 79.9. The van der Waals surface area contributed by atoms with Crippen LogP contribution in [0.25, 0.3) is 0 Å². The van der Waals surface area contributed by atoms with Gasteiger partial charge < -0.3 is 20.9 Å². The number of hydrogen-bond donors (Lipinski definition) is 3. The lowest BCUT2D eigenvalue weighted by Crippen LogP contribution is -2.42. The molecule has 0 aliphatic heterocycles. The highest BCUT2D eigenvalue weighted by Gasteiger charge is 2.15. The van der Waals surface area contributed by atoms with Crippen LogP contribution in [0, 0.1) is 0 Å². The van der Waals surface area contributed by atoms with Crippen LogP contribution in [0.5, 0.6) is 0 Å². The van der Waals surface area contributed by atoms with Crippen LogP contribution in [0.1, 0.15) is 20.3 Å². The largest absolute Gasteiger partial charge is 0.355 e. The van der Waals surface area contributed by atoms with Gasteiger partial charge in [0, 0.05) is 36.2 Å². The maximum absolute atomic E-state index is 12.1. The van der Waals surface area contributed by atoms with Crippen molar-refractivity contribution >= 4 is 39.5 Å². The van der Waals surface area contributed by atoms with Crippen molar-refractivity contribution in [3.05, 3.63) is 28.7 Å². The topological polar surface area (TPSA) is 90.5 Å². The van der Waals surface area contributed by atoms with E-state index < -0.39 is 0 Å². The molecule has 0 saturated carbocycles. The second-order valence-corrected chi connectivity index (χ2v) is 5.91. The van der Waals surface area contributed by atoms with E-state index >= 15 is 0 Å². The summed E-state index contributed by atoms with van der Waals surface area (Å²) in [6, 6.07) is 6.79. The SMILES string of the molecule is CCNC(=O)CN(CC)C(=O)CCNC(=O)Nc1ccc(Br)cc1. The van der Waals surface area contributed by atoms with E-state index in [9.17, 15) is 14.4 Å². The Hall–Kier alpha value is -2.09. The molecule has 8 heteroatoms. The van der Waals surface area contributed by atoms with Crippen LogP contribution in [0.4, 0.5) is 10.5 Å². The normalized spacial score (nSPS) is 9.96. The van der Waals surface area contributed by atoms with Crippen LogP contribution in [0.15, 0.2) is 28.7 Å². The molecule has 1 aromatic rings. The van der Waals surface area contributed by atoms with Crippen LogP contribution < -0.4 is 16.0 Å². The molecule has 0 aliphatic carbocycles. The van der Waals surface area contributed by atoms with E-state index in [1.54, 1.807) is 12.1 Å². The molecule has 0 unspecified atom stereocenters. The zero-order chi connectivity index (χ0) is 17.9. The molecule has 0 spiro atoms. The van der Waals surface area contributed by atoms with Crippen molar-refractivity contribution in [1.29, 1.82) is 0 Å². The van der Waals surface area contributed by atoms with E-state index in [-0.39, 0.29) is 37.4 Å². The molecule has 7 nitrogen and oxygen atoms in total. The number of hydrogen-bond acceptors (Lipinski definition) is 3. The molecule has 0 bridgehead atoms. The van der Waals surface area contributed by atoms with Crippen LogP contribution in [-0.4, -0.2) is 48.9 Å². The number of nitrogens with zero attached hydrogens (tertiary/aromatic N) is 1. The van der Waals surface area contributed by atoms with Crippen molar-refractivity contribution < 1.29 is 14.4 Å². The summed E-state index contributed by atoms with van der Waals surface area (Å²) in [5.41, 5.74) is 0.661. The van der Waals surface area contributed by atoms with Gasteiger partial charge >= 0.3 is 6.03 Å². The third kappa shape index (κ3) is 7.45. The second kappa shape index (κ2) is 10.6. The minimum atomic E-state index is -0.378. The number of benzene rings is 1. The van der Waals surface area contributed by atoms with Gasteiger partial charge in [0.1, 0.15) is 0 Å². The molecule has 0 saturated heterocycles. The Bertz CT molecular complexity index is 563. The summed E-state index contributed by atoms with van der Waals surface area (Å²) in [5.74, 6) is -0.360. The first kappa shape index (κ1) is 20.0. The first-order valence-corrected chi connectivity index (χ1v) is 8.60. The summed E-state index contributed by atoms with van der Waals surface area (Å²) in [5, 5.41) is 7.95. The van der Waals surface area contributed by atoms with E-state index in [4.69, 9.17) is 0 Å². The Kier molecular flexibility index (Phi) is 8.85. The second-order valence-electron chi connectivity index (χ2n) is 5.00. The molecule has 1 rings (SSSR count). The van der Waals surface area contributed by atoms with Crippen molar-refractivity contribution in [2.45, 2.75) is 20.3 Å². The lowest BCUT2D eigenvalue weighted by Gasteiger charge is -2.20. The highest BCUT2D eigenvalue weighted by molar-refractivity contribution is 9.10. The van der Waals surface area contributed by atoms with Crippen molar-refractivity contribution in [1.82, 2.24) is 15.5 Å². The van der Waals surface area contributed by atoms with E-state index in [0.29, 0.717) is 18.8 Å². The molecule has 0 atom stereocenters. The van der Waals surface area contributed by atoms with Crippen molar-refractivity contribution in [2.75, 3.05) is 31.5 Å². The van der Waals surface area contributed by atoms with Gasteiger partial charge in [-0.15, -0.1) is 0 Å². The molecule has 4 amide bonds. The Morgan fingerprint density at radius 2 is 1.75 bits per heavy atom. The van der Waals surface area contributed by atoms with E-state index in [2.05, 4.69) is 31.9 Å². The number of amides is 4. The first-order chi connectivity index (χ1) is 11.5. The molecule has 3 N–H and O–H groups in total. The summed E-state index contributed by atoms with van der Waals surface area (Å²) in [7, 11) is 0. The van der Waals surface area contributed by atoms with Gasteiger partial charge in [-0.25, -0.2) is 4.79 Å². The highest BCUT2D eigenvalue weighted by Crippen LogP contribution is 2.13. The molecular weight excluding hydrogens is 376 g/mol. The lowest BCUT2D eigenvalue weighted by molar-refractivity contribution is -0.135. The third-order valence-corrected chi connectivity index (χ3v) is 3.70. The molecule has 0 aliphatic rings. The Morgan fingerprint density at radius 1 is 1.08 bits per heavy atom. The smallest absolute Gasteiger partial charge is 0.319 e. The van der Waals surface area contributed by atoms with Gasteiger partial charge in [-0.1, -0.05) is 15.9 Å². The third-order valence-electron chi connectivity index (χ3n) is 3.17. The van der Waals surface area contributed by atoms with Crippen molar-refractivity contribution in [3.8, 4) is 0 Å². The quantitative estimate of drug-likeness (QED) is 0.624. The van der Waals surface area contributed by atoms with E-state index in [1.807, 2.05) is 26.0 Å². The van der Waals surface area contributed by atoms with Crippen LogP contribution in [0.3, 0.4) is 0 Å². The summed E-state index contributed by atoms with van der Waals surface area (Å²) < 4.78 is 0.922. The number of nitrogens with one attached hydrogen (secondary N) is 3. The van der Waals surface area contributed by atoms with Gasteiger partial charge in [-0.2, -0.15) is 0 Å². The minimum Gasteiger partial charge on any atom is -0.355 e. The van der Waals surface area contributed by atoms with Crippen molar-refractivity contribution in [3.63, 3.8) is 0 Å². The molecule has 0 heterocycles. The van der Waals surface area contributed by atoms with Gasteiger partial charge in [-0.3, -0.25) is 9.59 Å². The molecular formula is C16H23BrN4O3. The molecule has 0 radical (unpaired) electrons. The number of carbonyl (C=O) groups is 3. The Balaban J connectivity index is 2.33. The van der Waals surface area contributed by atoms with Crippen LogP contribution >= 0.6 is 15.9 Å². The van der Waals surface area contributed by atoms with Gasteiger partial charge in [0.2, 0.25) is 11.8 Å². The lowest BCUT2D eigenvalue weighted by atomic mass is 10.3. The number of urea groups is 1. The average Bonchev–Trinajstić information content (AvgIpc) is 2.55. The number of rotatable bonds is 8. The zero-order valence-electron chi connectivity index (χ0n) is 13.9. The first-order valence-electron chi connectivity index (χ1n) is 7.81. The number of anilines is 1. The average molecular weight is 399 g/mol. The Labute approximate surface area is 150 Å². The summed E-state index contributed by atoms with van der Waals surface area (Å²) >= 11 is 3.32. The fraction of sp³-hybridized carbons (Fsp3) is 0.438. The van der Waals surface area contributed by atoms with Crippen LogP contribution in [0.2, 0.25) is 0 Å². The number of halogens is 1.